The lowest BCUT2D eigenvalue weighted by molar-refractivity contribution is -0.384. The summed E-state index contributed by atoms with van der Waals surface area (Å²) in [5, 5.41) is 14.7. The van der Waals surface area contributed by atoms with Gasteiger partial charge in [0.2, 0.25) is 0 Å². The summed E-state index contributed by atoms with van der Waals surface area (Å²) in [6, 6.07) is 6.51. The van der Waals surface area contributed by atoms with Crippen LogP contribution in [0.25, 0.3) is 10.1 Å². The number of hydrogen-bond acceptors (Lipinski definition) is 5. The summed E-state index contributed by atoms with van der Waals surface area (Å²) in [4.78, 5) is 23.5. The Balaban J connectivity index is 0.00000208. The molecule has 0 saturated heterocycles. The highest BCUT2D eigenvalue weighted by Gasteiger charge is 2.26. The van der Waals surface area contributed by atoms with Gasteiger partial charge in [0.05, 0.1) is 9.80 Å². The van der Waals surface area contributed by atoms with Crippen molar-refractivity contribution >= 4 is 45.4 Å². The third-order valence-electron chi connectivity index (χ3n) is 4.46. The van der Waals surface area contributed by atoms with Gasteiger partial charge >= 0.3 is 0 Å². The minimum atomic E-state index is -0.426. The van der Waals surface area contributed by atoms with Crippen molar-refractivity contribution in [1.29, 1.82) is 0 Å². The smallest absolute Gasteiger partial charge is 0.270 e. The molecule has 1 aromatic heterocycles. The zero-order valence-corrected chi connectivity index (χ0v) is 14.7. The first-order valence-corrected chi connectivity index (χ1v) is 8.59. The van der Waals surface area contributed by atoms with E-state index in [-0.39, 0.29) is 30.0 Å². The Kier molecular flexibility index (Phi) is 6.15. The van der Waals surface area contributed by atoms with Gasteiger partial charge in [0.25, 0.3) is 11.6 Å². The van der Waals surface area contributed by atoms with Crippen molar-refractivity contribution < 1.29 is 9.72 Å². The number of thiophene rings is 1. The molecule has 24 heavy (non-hydrogen) atoms. The normalized spacial score (nSPS) is 20.4. The molecule has 0 radical (unpaired) electrons. The summed E-state index contributed by atoms with van der Waals surface area (Å²) >= 11 is 1.36. The number of non-ortho nitro benzene ring substituents is 1. The highest BCUT2D eigenvalue weighted by atomic mass is 35.5. The van der Waals surface area contributed by atoms with E-state index >= 15 is 0 Å². The van der Waals surface area contributed by atoms with Crippen LogP contribution in [-0.4, -0.2) is 23.4 Å². The summed E-state index contributed by atoms with van der Waals surface area (Å²) < 4.78 is 0.875. The molecule has 3 rings (SSSR count). The van der Waals surface area contributed by atoms with Gasteiger partial charge in [0.1, 0.15) is 0 Å². The number of hydrogen-bond donors (Lipinski definition) is 2. The van der Waals surface area contributed by atoms with Crippen molar-refractivity contribution in [2.45, 2.75) is 31.7 Å². The molecule has 1 fully saturated rings. The first-order valence-electron chi connectivity index (χ1n) is 7.77. The van der Waals surface area contributed by atoms with Crippen LogP contribution >= 0.6 is 23.7 Å². The minimum absolute atomic E-state index is 0. The summed E-state index contributed by atoms with van der Waals surface area (Å²) in [5.74, 6) is 0.224. The lowest BCUT2D eigenvalue weighted by Gasteiger charge is -2.31. The molecule has 2 aromatic rings. The number of carbonyl (C=O) groups is 1. The van der Waals surface area contributed by atoms with Crippen molar-refractivity contribution in [1.82, 2.24) is 5.32 Å². The van der Waals surface area contributed by atoms with Crippen LogP contribution in [0.3, 0.4) is 0 Å². The molecule has 1 amide bonds. The molecule has 130 valence electrons. The average molecular weight is 370 g/mol. The third kappa shape index (κ3) is 3.85. The van der Waals surface area contributed by atoms with Crippen LogP contribution in [0.5, 0.6) is 0 Å². The van der Waals surface area contributed by atoms with Gasteiger partial charge in [-0.15, -0.1) is 23.7 Å². The van der Waals surface area contributed by atoms with E-state index < -0.39 is 4.92 Å². The number of benzene rings is 1. The second-order valence-electron chi connectivity index (χ2n) is 5.95. The number of carbonyl (C=O) groups excluding carboxylic acids is 1. The quantitative estimate of drug-likeness (QED) is 0.636. The standard InChI is InChI=1S/C16H19N3O3S.ClH/c17-9-10-3-1-2-4-13(10)18-16(20)15-8-11-7-12(19(21)22)5-6-14(11)23-15;/h5-8,10,13H,1-4,9,17H2,(H,18,20);1H. The fourth-order valence-corrected chi connectivity index (χ4v) is 4.12. The minimum Gasteiger partial charge on any atom is -0.348 e. The number of rotatable bonds is 4. The van der Waals surface area contributed by atoms with E-state index in [0.29, 0.717) is 17.3 Å². The monoisotopic (exact) mass is 369 g/mol. The SMILES string of the molecule is Cl.NCC1CCCCC1NC(=O)c1cc2cc([N+](=O)[O-])ccc2s1. The van der Waals surface area contributed by atoms with Crippen LogP contribution < -0.4 is 11.1 Å². The first kappa shape index (κ1) is 18.6. The predicted molar refractivity (Wildman–Crippen MR) is 98.0 cm³/mol. The molecule has 3 N–H and O–H groups in total. The topological polar surface area (TPSA) is 98.3 Å². The number of nitrogens with two attached hydrogens (primary N) is 1. The molecule has 2 unspecified atom stereocenters. The van der Waals surface area contributed by atoms with Crippen molar-refractivity contribution in [3.63, 3.8) is 0 Å². The Morgan fingerprint density at radius 2 is 2.08 bits per heavy atom. The second kappa shape index (κ2) is 7.92. The zero-order chi connectivity index (χ0) is 16.4. The number of halogens is 1. The number of nitro groups is 1. The maximum Gasteiger partial charge on any atom is 0.270 e. The van der Waals surface area contributed by atoms with E-state index in [1.165, 1.54) is 29.9 Å². The Morgan fingerprint density at radius 3 is 2.79 bits per heavy atom. The molecule has 1 aliphatic carbocycles. The third-order valence-corrected chi connectivity index (χ3v) is 5.58. The largest absolute Gasteiger partial charge is 0.348 e. The highest BCUT2D eigenvalue weighted by molar-refractivity contribution is 7.20. The van der Waals surface area contributed by atoms with Gasteiger partial charge in [-0.1, -0.05) is 12.8 Å². The summed E-state index contributed by atoms with van der Waals surface area (Å²) in [5.41, 5.74) is 5.84. The maximum atomic E-state index is 12.5. The van der Waals surface area contributed by atoms with Gasteiger partial charge in [-0.25, -0.2) is 0 Å². The van der Waals surface area contributed by atoms with E-state index in [1.807, 2.05) is 0 Å². The molecule has 0 aliphatic heterocycles. The number of nitrogens with one attached hydrogen (secondary N) is 1. The van der Waals surface area contributed by atoms with Crippen LogP contribution in [0, 0.1) is 16.0 Å². The van der Waals surface area contributed by atoms with Crippen molar-refractivity contribution in [3.8, 4) is 0 Å². The second-order valence-corrected chi connectivity index (χ2v) is 7.03. The lowest BCUT2D eigenvalue weighted by Crippen LogP contribution is -2.44. The molecule has 0 spiro atoms. The fourth-order valence-electron chi connectivity index (χ4n) is 3.18. The Bertz CT molecular complexity index is 749. The first-order chi connectivity index (χ1) is 11.1. The van der Waals surface area contributed by atoms with Gasteiger partial charge < -0.3 is 11.1 Å². The van der Waals surface area contributed by atoms with Crippen molar-refractivity contribution in [3.05, 3.63) is 39.3 Å². The van der Waals surface area contributed by atoms with Crippen LogP contribution in [0.2, 0.25) is 0 Å². The number of nitro benzene ring substituents is 1. The molecule has 2 atom stereocenters. The van der Waals surface area contributed by atoms with Gasteiger partial charge in [0, 0.05) is 28.3 Å². The van der Waals surface area contributed by atoms with Crippen LogP contribution in [0.4, 0.5) is 5.69 Å². The Hall–Kier alpha value is -1.70. The summed E-state index contributed by atoms with van der Waals surface area (Å²) in [6.45, 7) is 0.587. The maximum absolute atomic E-state index is 12.5. The number of amides is 1. The predicted octanol–water partition coefficient (Wildman–Crippen LogP) is 3.48. The van der Waals surface area contributed by atoms with E-state index in [9.17, 15) is 14.9 Å². The fraction of sp³-hybridized carbons (Fsp3) is 0.438. The molecular weight excluding hydrogens is 350 g/mol. The van der Waals surface area contributed by atoms with Crippen molar-refractivity contribution in [2.75, 3.05) is 6.54 Å². The molecule has 8 heteroatoms. The van der Waals surface area contributed by atoms with Gasteiger partial charge in [-0.05, 0) is 37.4 Å². The van der Waals surface area contributed by atoms with Crippen LogP contribution in [0.1, 0.15) is 35.4 Å². The van der Waals surface area contributed by atoms with E-state index in [4.69, 9.17) is 5.73 Å². The van der Waals surface area contributed by atoms with Gasteiger partial charge in [-0.2, -0.15) is 0 Å². The number of nitrogens with zero attached hydrogens (tertiary/aromatic N) is 1. The van der Waals surface area contributed by atoms with Crippen LogP contribution in [0.15, 0.2) is 24.3 Å². The highest BCUT2D eigenvalue weighted by Crippen LogP contribution is 2.30. The lowest BCUT2D eigenvalue weighted by atomic mass is 9.84. The van der Waals surface area contributed by atoms with Gasteiger partial charge in [0.15, 0.2) is 0 Å². The van der Waals surface area contributed by atoms with Crippen LogP contribution in [-0.2, 0) is 0 Å². The Labute approximate surface area is 150 Å². The molecule has 1 saturated carbocycles. The Morgan fingerprint density at radius 1 is 1.33 bits per heavy atom. The summed E-state index contributed by atoms with van der Waals surface area (Å²) in [7, 11) is 0. The molecule has 1 aliphatic rings. The van der Waals surface area contributed by atoms with E-state index in [2.05, 4.69) is 5.32 Å². The molecule has 6 nitrogen and oxygen atoms in total. The number of fused-ring (bicyclic) bond motifs is 1. The summed E-state index contributed by atoms with van der Waals surface area (Å²) in [6.07, 6.45) is 4.30. The molecule has 0 bridgehead atoms. The zero-order valence-electron chi connectivity index (χ0n) is 13.1. The molecular formula is C16H20ClN3O3S. The molecule has 1 heterocycles. The van der Waals surface area contributed by atoms with Gasteiger partial charge in [-0.3, -0.25) is 14.9 Å². The molecule has 1 aromatic carbocycles. The average Bonchev–Trinajstić information content (AvgIpc) is 2.98. The van der Waals surface area contributed by atoms with Crippen molar-refractivity contribution in [2.24, 2.45) is 11.7 Å². The van der Waals surface area contributed by atoms with E-state index in [1.54, 1.807) is 12.1 Å². The van der Waals surface area contributed by atoms with E-state index in [0.717, 1.165) is 29.3 Å².